The Morgan fingerprint density at radius 3 is 1.68 bits per heavy atom. The second-order valence-electron chi connectivity index (χ2n) is 7.72. The largest absolute Gasteiger partial charge is 0.381 e. The second-order valence-corrected chi connectivity index (χ2v) is 7.72. The molecule has 0 aromatic heterocycles. The van der Waals surface area contributed by atoms with Gasteiger partial charge in [-0.2, -0.15) is 0 Å². The molecule has 3 fully saturated rings. The van der Waals surface area contributed by atoms with Gasteiger partial charge in [-0.3, -0.25) is 9.80 Å². The Labute approximate surface area is 136 Å². The molecule has 4 nitrogen and oxygen atoms in total. The van der Waals surface area contributed by atoms with Crippen LogP contribution >= 0.6 is 0 Å². The fourth-order valence-electron chi connectivity index (χ4n) is 4.50. The SMILES string of the molecule is C[C@@H]1CN(CC2CCOCC2)C[C@H](C)N1CC1CCOCC1. The van der Waals surface area contributed by atoms with Gasteiger partial charge in [0, 0.05) is 64.7 Å². The van der Waals surface area contributed by atoms with Crippen LogP contribution < -0.4 is 0 Å². The molecular formula is C18H34N2O2. The first-order chi connectivity index (χ1) is 10.7. The van der Waals surface area contributed by atoms with E-state index >= 15 is 0 Å². The summed E-state index contributed by atoms with van der Waals surface area (Å²) in [5, 5.41) is 0. The highest BCUT2D eigenvalue weighted by atomic mass is 16.5. The maximum Gasteiger partial charge on any atom is 0.0469 e. The van der Waals surface area contributed by atoms with Crippen LogP contribution in [-0.4, -0.2) is 74.5 Å². The molecule has 128 valence electrons. The van der Waals surface area contributed by atoms with E-state index in [1.54, 1.807) is 0 Å². The maximum atomic E-state index is 5.51. The monoisotopic (exact) mass is 310 g/mol. The van der Waals surface area contributed by atoms with E-state index in [1.807, 2.05) is 0 Å². The summed E-state index contributed by atoms with van der Waals surface area (Å²) < 4.78 is 11.0. The second kappa shape index (κ2) is 8.09. The molecule has 22 heavy (non-hydrogen) atoms. The fourth-order valence-corrected chi connectivity index (χ4v) is 4.50. The summed E-state index contributed by atoms with van der Waals surface area (Å²) in [6, 6.07) is 1.37. The summed E-state index contributed by atoms with van der Waals surface area (Å²) in [5.74, 6) is 1.70. The van der Waals surface area contributed by atoms with Gasteiger partial charge in [-0.25, -0.2) is 0 Å². The van der Waals surface area contributed by atoms with E-state index < -0.39 is 0 Å². The molecule has 3 aliphatic rings. The highest BCUT2D eigenvalue weighted by molar-refractivity contribution is 4.87. The van der Waals surface area contributed by atoms with Gasteiger partial charge in [0.2, 0.25) is 0 Å². The molecule has 0 radical (unpaired) electrons. The van der Waals surface area contributed by atoms with E-state index in [-0.39, 0.29) is 0 Å². The Kier molecular flexibility index (Phi) is 6.14. The minimum absolute atomic E-state index is 0.687. The normalized spacial score (nSPS) is 34.1. The van der Waals surface area contributed by atoms with E-state index in [1.165, 1.54) is 51.9 Å². The highest BCUT2D eigenvalue weighted by Gasteiger charge is 2.32. The van der Waals surface area contributed by atoms with Crippen LogP contribution in [0.4, 0.5) is 0 Å². The molecule has 3 rings (SSSR count). The minimum Gasteiger partial charge on any atom is -0.381 e. The molecule has 3 heterocycles. The highest BCUT2D eigenvalue weighted by Crippen LogP contribution is 2.24. The van der Waals surface area contributed by atoms with Crippen molar-refractivity contribution < 1.29 is 9.47 Å². The third kappa shape index (κ3) is 4.44. The number of hydrogen-bond acceptors (Lipinski definition) is 4. The molecule has 0 amide bonds. The van der Waals surface area contributed by atoms with Crippen molar-refractivity contribution in [3.8, 4) is 0 Å². The molecule has 4 heteroatoms. The molecule has 0 aromatic carbocycles. The first kappa shape index (κ1) is 16.7. The lowest BCUT2D eigenvalue weighted by Crippen LogP contribution is -2.58. The Hall–Kier alpha value is -0.160. The van der Waals surface area contributed by atoms with Crippen molar-refractivity contribution in [3.05, 3.63) is 0 Å². The van der Waals surface area contributed by atoms with Gasteiger partial charge in [-0.1, -0.05) is 0 Å². The van der Waals surface area contributed by atoms with Crippen LogP contribution in [-0.2, 0) is 9.47 Å². The molecule has 3 aliphatic heterocycles. The predicted molar refractivity (Wildman–Crippen MR) is 89.2 cm³/mol. The molecular weight excluding hydrogens is 276 g/mol. The minimum atomic E-state index is 0.687. The average molecular weight is 310 g/mol. The van der Waals surface area contributed by atoms with Gasteiger partial charge in [-0.05, 0) is 51.4 Å². The van der Waals surface area contributed by atoms with Crippen LogP contribution in [0.5, 0.6) is 0 Å². The topological polar surface area (TPSA) is 24.9 Å². The first-order valence-electron chi connectivity index (χ1n) is 9.36. The van der Waals surface area contributed by atoms with Gasteiger partial charge in [0.15, 0.2) is 0 Å². The Morgan fingerprint density at radius 2 is 1.18 bits per heavy atom. The molecule has 0 saturated carbocycles. The molecule has 3 saturated heterocycles. The number of hydrogen-bond donors (Lipinski definition) is 0. The van der Waals surface area contributed by atoms with Crippen molar-refractivity contribution >= 4 is 0 Å². The van der Waals surface area contributed by atoms with E-state index in [0.29, 0.717) is 12.1 Å². The molecule has 0 bridgehead atoms. The van der Waals surface area contributed by atoms with Crippen molar-refractivity contribution in [2.75, 3.05) is 52.6 Å². The van der Waals surface area contributed by atoms with Crippen molar-refractivity contribution in [1.82, 2.24) is 9.80 Å². The molecule has 0 aromatic rings. The van der Waals surface area contributed by atoms with Gasteiger partial charge in [0.05, 0.1) is 0 Å². The zero-order valence-corrected chi connectivity index (χ0v) is 14.5. The Balaban J connectivity index is 1.47. The summed E-state index contributed by atoms with van der Waals surface area (Å²) in [7, 11) is 0. The molecule has 2 atom stereocenters. The molecule has 0 N–H and O–H groups in total. The number of piperazine rings is 1. The summed E-state index contributed by atoms with van der Waals surface area (Å²) in [5.41, 5.74) is 0. The number of rotatable bonds is 4. The summed E-state index contributed by atoms with van der Waals surface area (Å²) in [6.07, 6.45) is 5.01. The van der Waals surface area contributed by atoms with Crippen molar-refractivity contribution in [2.24, 2.45) is 11.8 Å². The third-order valence-electron chi connectivity index (χ3n) is 5.84. The lowest BCUT2D eigenvalue weighted by Gasteiger charge is -2.47. The Morgan fingerprint density at radius 1 is 0.727 bits per heavy atom. The predicted octanol–water partition coefficient (Wildman–Crippen LogP) is 2.23. The molecule has 0 unspecified atom stereocenters. The molecule has 0 aliphatic carbocycles. The quantitative estimate of drug-likeness (QED) is 0.795. The lowest BCUT2D eigenvalue weighted by atomic mass is 9.95. The molecule has 0 spiro atoms. The van der Waals surface area contributed by atoms with Crippen molar-refractivity contribution in [2.45, 2.75) is 51.6 Å². The summed E-state index contributed by atoms with van der Waals surface area (Å²) in [4.78, 5) is 5.47. The first-order valence-corrected chi connectivity index (χ1v) is 9.36. The van der Waals surface area contributed by atoms with E-state index in [9.17, 15) is 0 Å². The van der Waals surface area contributed by atoms with Crippen molar-refractivity contribution in [1.29, 1.82) is 0 Å². The third-order valence-corrected chi connectivity index (χ3v) is 5.84. The van der Waals surface area contributed by atoms with Gasteiger partial charge in [0.25, 0.3) is 0 Å². The average Bonchev–Trinajstić information content (AvgIpc) is 2.53. The summed E-state index contributed by atoms with van der Waals surface area (Å²) in [6.45, 7) is 13.8. The van der Waals surface area contributed by atoms with Gasteiger partial charge < -0.3 is 9.47 Å². The zero-order chi connectivity index (χ0) is 15.4. The van der Waals surface area contributed by atoms with Crippen LogP contribution in [0.15, 0.2) is 0 Å². The van der Waals surface area contributed by atoms with E-state index in [0.717, 1.165) is 38.3 Å². The van der Waals surface area contributed by atoms with Crippen molar-refractivity contribution in [3.63, 3.8) is 0 Å². The van der Waals surface area contributed by atoms with Crippen LogP contribution in [0.25, 0.3) is 0 Å². The number of ether oxygens (including phenoxy) is 2. The van der Waals surface area contributed by atoms with Gasteiger partial charge in [-0.15, -0.1) is 0 Å². The lowest BCUT2D eigenvalue weighted by molar-refractivity contribution is -0.0107. The maximum absolute atomic E-state index is 5.51. The Bertz CT molecular complexity index is 315. The van der Waals surface area contributed by atoms with Gasteiger partial charge in [0.1, 0.15) is 0 Å². The van der Waals surface area contributed by atoms with E-state index in [2.05, 4.69) is 23.6 Å². The van der Waals surface area contributed by atoms with Gasteiger partial charge >= 0.3 is 0 Å². The van der Waals surface area contributed by atoms with Crippen LogP contribution in [0, 0.1) is 11.8 Å². The van der Waals surface area contributed by atoms with Crippen LogP contribution in [0.1, 0.15) is 39.5 Å². The fraction of sp³-hybridized carbons (Fsp3) is 1.00. The summed E-state index contributed by atoms with van der Waals surface area (Å²) >= 11 is 0. The van der Waals surface area contributed by atoms with Crippen LogP contribution in [0.2, 0.25) is 0 Å². The van der Waals surface area contributed by atoms with E-state index in [4.69, 9.17) is 9.47 Å². The zero-order valence-electron chi connectivity index (χ0n) is 14.5. The van der Waals surface area contributed by atoms with Crippen LogP contribution in [0.3, 0.4) is 0 Å². The smallest absolute Gasteiger partial charge is 0.0469 e. The number of nitrogens with zero attached hydrogens (tertiary/aromatic N) is 2. The standard InChI is InChI=1S/C18H34N2O2/c1-15-11-19(13-17-3-7-21-8-4-17)12-16(2)20(15)14-18-5-9-22-10-6-18/h15-18H,3-14H2,1-2H3/t15-,16+.